The van der Waals surface area contributed by atoms with Crippen LogP contribution in [0.3, 0.4) is 0 Å². The fourth-order valence-corrected chi connectivity index (χ4v) is 4.78. The van der Waals surface area contributed by atoms with Crippen LogP contribution in [0.5, 0.6) is 5.75 Å². The molecule has 6 nitrogen and oxygen atoms in total. The van der Waals surface area contributed by atoms with Gasteiger partial charge in [-0.05, 0) is 57.0 Å². The van der Waals surface area contributed by atoms with Gasteiger partial charge in [-0.15, -0.1) is 0 Å². The first kappa shape index (κ1) is 29.2. The lowest BCUT2D eigenvalue weighted by molar-refractivity contribution is -0.142. The van der Waals surface area contributed by atoms with E-state index in [1.165, 1.54) is 24.3 Å². The molecule has 0 aromatic heterocycles. The number of carbonyl (C=O) groups excluding carboxylic acids is 2. The standard InChI is InChI=1S/C29H25Cl4NO5/c1-6-7-34(5)27(36)15-9-19(31)18(30)8-14(15)26-16-10-20(32)22(35)12-23(16)38-24-13-25(21(33)11-17(24)26)39-28(37)29(2,3)4/h8-13H,6-7H2,1-5H3. The molecule has 1 heterocycles. The maximum Gasteiger partial charge on any atom is 0.316 e. The van der Waals surface area contributed by atoms with E-state index in [9.17, 15) is 14.4 Å². The molecule has 4 rings (SSSR count). The number of halogens is 4. The van der Waals surface area contributed by atoms with Crippen LogP contribution in [0, 0.1) is 5.41 Å². The summed E-state index contributed by atoms with van der Waals surface area (Å²) < 4.78 is 11.6. The number of rotatable bonds is 5. The molecular weight excluding hydrogens is 584 g/mol. The number of hydrogen-bond donors (Lipinski definition) is 0. The summed E-state index contributed by atoms with van der Waals surface area (Å²) in [7, 11) is 1.70. The summed E-state index contributed by atoms with van der Waals surface area (Å²) >= 11 is 25.7. The van der Waals surface area contributed by atoms with Crippen LogP contribution in [-0.4, -0.2) is 30.4 Å². The summed E-state index contributed by atoms with van der Waals surface area (Å²) in [4.78, 5) is 40.2. The van der Waals surface area contributed by atoms with E-state index in [1.54, 1.807) is 44.9 Å². The van der Waals surface area contributed by atoms with Crippen LogP contribution in [0.25, 0.3) is 33.4 Å². The first-order valence-corrected chi connectivity index (χ1v) is 13.6. The monoisotopic (exact) mass is 607 g/mol. The molecule has 2 aliphatic rings. The van der Waals surface area contributed by atoms with Crippen molar-refractivity contribution in [2.24, 2.45) is 5.41 Å². The first-order chi connectivity index (χ1) is 18.2. The summed E-state index contributed by atoms with van der Waals surface area (Å²) in [6.45, 7) is 7.64. The fraction of sp³-hybridized carbons (Fsp3) is 0.276. The van der Waals surface area contributed by atoms with Crippen molar-refractivity contribution in [1.82, 2.24) is 4.90 Å². The zero-order chi connectivity index (χ0) is 28.8. The molecule has 1 amide bonds. The predicted molar refractivity (Wildman–Crippen MR) is 157 cm³/mol. The van der Waals surface area contributed by atoms with Gasteiger partial charge in [0.05, 0.1) is 25.5 Å². The summed E-state index contributed by atoms with van der Waals surface area (Å²) in [5.74, 6) is -0.480. The van der Waals surface area contributed by atoms with Gasteiger partial charge in [-0.3, -0.25) is 14.4 Å². The minimum absolute atomic E-state index is 0.0313. The second-order valence-corrected chi connectivity index (χ2v) is 11.8. The summed E-state index contributed by atoms with van der Waals surface area (Å²) in [6, 6.07) is 8.90. The van der Waals surface area contributed by atoms with E-state index in [0.717, 1.165) is 6.42 Å². The van der Waals surface area contributed by atoms with Crippen LogP contribution in [-0.2, 0) is 4.79 Å². The van der Waals surface area contributed by atoms with Gasteiger partial charge in [-0.2, -0.15) is 0 Å². The molecule has 2 aromatic carbocycles. The third kappa shape index (κ3) is 5.75. The molecule has 0 bridgehead atoms. The van der Waals surface area contributed by atoms with Gasteiger partial charge in [0, 0.05) is 47.8 Å². The lowest BCUT2D eigenvalue weighted by Gasteiger charge is -2.22. The highest BCUT2D eigenvalue weighted by Crippen LogP contribution is 2.46. The maximum atomic E-state index is 13.6. The summed E-state index contributed by atoms with van der Waals surface area (Å²) in [6.07, 6.45) is 0.753. The topological polar surface area (TPSA) is 76.8 Å². The van der Waals surface area contributed by atoms with Crippen molar-refractivity contribution in [2.75, 3.05) is 13.6 Å². The fourth-order valence-electron chi connectivity index (χ4n) is 4.09. The molecule has 1 aliphatic carbocycles. The Bertz CT molecular complexity index is 1650. The lowest BCUT2D eigenvalue weighted by atomic mass is 9.90. The smallest absolute Gasteiger partial charge is 0.316 e. The van der Waals surface area contributed by atoms with E-state index in [0.29, 0.717) is 28.6 Å². The molecule has 0 atom stereocenters. The first-order valence-electron chi connectivity index (χ1n) is 12.1. The second-order valence-electron chi connectivity index (χ2n) is 10.2. The summed E-state index contributed by atoms with van der Waals surface area (Å²) in [5, 5.41) is 1.01. The number of carbonyl (C=O) groups is 2. The van der Waals surface area contributed by atoms with Gasteiger partial charge in [0.15, 0.2) is 5.75 Å². The Hall–Kier alpha value is -2.77. The second kappa shape index (κ2) is 11.0. The van der Waals surface area contributed by atoms with Crippen LogP contribution in [0.15, 0.2) is 45.6 Å². The number of fused-ring (bicyclic) bond motifs is 2. The van der Waals surface area contributed by atoms with Gasteiger partial charge >= 0.3 is 5.97 Å². The van der Waals surface area contributed by atoms with E-state index >= 15 is 0 Å². The Labute approximate surface area is 245 Å². The highest BCUT2D eigenvalue weighted by atomic mass is 35.5. The van der Waals surface area contributed by atoms with Gasteiger partial charge in [0.25, 0.3) is 5.91 Å². The Balaban J connectivity index is 2.11. The Kier molecular flexibility index (Phi) is 8.25. The van der Waals surface area contributed by atoms with E-state index in [2.05, 4.69) is 0 Å². The molecule has 1 aliphatic heterocycles. The van der Waals surface area contributed by atoms with Gasteiger partial charge < -0.3 is 14.1 Å². The third-order valence-corrected chi connectivity index (χ3v) is 7.42. The highest BCUT2D eigenvalue weighted by molar-refractivity contribution is 6.42. The van der Waals surface area contributed by atoms with Crippen molar-refractivity contribution < 1.29 is 18.7 Å². The molecule has 10 heteroatoms. The quantitative estimate of drug-likeness (QED) is 0.129. The zero-order valence-electron chi connectivity index (χ0n) is 21.9. The molecule has 2 aromatic rings. The van der Waals surface area contributed by atoms with Crippen molar-refractivity contribution in [3.05, 3.63) is 72.3 Å². The summed E-state index contributed by atoms with van der Waals surface area (Å²) in [5.41, 5.74) is 0.706. The lowest BCUT2D eigenvalue weighted by Crippen LogP contribution is -2.28. The van der Waals surface area contributed by atoms with Gasteiger partial charge in [-0.1, -0.05) is 53.3 Å². The predicted octanol–water partition coefficient (Wildman–Crippen LogP) is 8.61. The molecule has 0 N–H and O–H groups in total. The van der Waals surface area contributed by atoms with Crippen LogP contribution >= 0.6 is 46.4 Å². The average molecular weight is 609 g/mol. The number of ether oxygens (including phenoxy) is 1. The van der Waals surface area contributed by atoms with E-state index < -0.39 is 16.8 Å². The Morgan fingerprint density at radius 1 is 0.897 bits per heavy atom. The molecule has 0 unspecified atom stereocenters. The molecule has 0 fully saturated rings. The van der Waals surface area contributed by atoms with Crippen LogP contribution < -0.4 is 10.2 Å². The normalized spacial score (nSPS) is 11.7. The van der Waals surface area contributed by atoms with Gasteiger partial charge in [0.2, 0.25) is 5.43 Å². The molecular formula is C29H25Cl4NO5. The highest BCUT2D eigenvalue weighted by Gasteiger charge is 2.28. The van der Waals surface area contributed by atoms with Crippen LogP contribution in [0.2, 0.25) is 20.1 Å². The van der Waals surface area contributed by atoms with Crippen molar-refractivity contribution in [3.8, 4) is 28.2 Å². The largest absolute Gasteiger partial charge is 0.456 e. The number of amides is 1. The Morgan fingerprint density at radius 2 is 1.54 bits per heavy atom. The van der Waals surface area contributed by atoms with Gasteiger partial charge in [0.1, 0.15) is 11.3 Å². The number of esters is 1. The molecule has 204 valence electrons. The maximum absolute atomic E-state index is 13.6. The number of benzene rings is 3. The van der Waals surface area contributed by atoms with Crippen LogP contribution in [0.4, 0.5) is 0 Å². The average Bonchev–Trinajstić information content (AvgIpc) is 2.85. The van der Waals surface area contributed by atoms with Crippen molar-refractivity contribution in [1.29, 1.82) is 0 Å². The number of hydrogen-bond acceptors (Lipinski definition) is 5. The van der Waals surface area contributed by atoms with Crippen molar-refractivity contribution in [3.63, 3.8) is 0 Å². The van der Waals surface area contributed by atoms with Crippen molar-refractivity contribution >= 4 is 69.2 Å². The Morgan fingerprint density at radius 3 is 2.18 bits per heavy atom. The van der Waals surface area contributed by atoms with Gasteiger partial charge in [-0.25, -0.2) is 0 Å². The minimum Gasteiger partial charge on any atom is -0.456 e. The zero-order valence-corrected chi connectivity index (χ0v) is 24.9. The third-order valence-electron chi connectivity index (χ3n) is 6.11. The van der Waals surface area contributed by atoms with E-state index in [-0.39, 0.29) is 48.7 Å². The van der Waals surface area contributed by atoms with E-state index in [1.807, 2.05) is 6.92 Å². The minimum atomic E-state index is -0.780. The molecule has 0 saturated heterocycles. The molecule has 0 spiro atoms. The van der Waals surface area contributed by atoms with Crippen LogP contribution in [0.1, 0.15) is 44.5 Å². The molecule has 0 radical (unpaired) electrons. The van der Waals surface area contributed by atoms with Crippen molar-refractivity contribution in [2.45, 2.75) is 34.1 Å². The molecule has 0 saturated carbocycles. The van der Waals surface area contributed by atoms with E-state index in [4.69, 9.17) is 55.6 Å². The SMILES string of the molecule is CCCN(C)C(=O)c1cc(Cl)c(Cl)cc1-c1c2cc(Cl)c(=O)cc-2oc2cc(OC(=O)C(C)(C)C)c(Cl)cc12. The molecule has 39 heavy (non-hydrogen) atoms. The number of nitrogens with zero attached hydrogens (tertiary/aromatic N) is 1.